The van der Waals surface area contributed by atoms with E-state index in [1.54, 1.807) is 0 Å². The average Bonchev–Trinajstić information content (AvgIpc) is 2.25. The van der Waals surface area contributed by atoms with Crippen LogP contribution in [0.15, 0.2) is 11.0 Å². The van der Waals surface area contributed by atoms with Gasteiger partial charge in [0.25, 0.3) is 5.56 Å². The van der Waals surface area contributed by atoms with E-state index in [0.717, 1.165) is 0 Å². The number of aliphatic hydroxyl groups excluding tert-OH is 1. The second kappa shape index (κ2) is 4.84. The lowest BCUT2D eigenvalue weighted by Gasteiger charge is -2.22. The first-order valence-electron chi connectivity index (χ1n) is 4.94. The van der Waals surface area contributed by atoms with Crippen molar-refractivity contribution >= 4 is 17.3 Å². The van der Waals surface area contributed by atoms with E-state index in [0.29, 0.717) is 12.2 Å². The molecule has 16 heavy (non-hydrogen) atoms. The first-order chi connectivity index (χ1) is 7.37. The monoisotopic (exact) mass is 245 g/mol. The summed E-state index contributed by atoms with van der Waals surface area (Å²) in [7, 11) is 1.54. The van der Waals surface area contributed by atoms with Crippen LogP contribution in [0.1, 0.15) is 13.8 Å². The van der Waals surface area contributed by atoms with Crippen LogP contribution in [0.5, 0.6) is 0 Å². The molecule has 1 rings (SSSR count). The highest BCUT2D eigenvalue weighted by Crippen LogP contribution is 2.19. The zero-order valence-electron chi connectivity index (χ0n) is 9.62. The van der Waals surface area contributed by atoms with Crippen LogP contribution in [0.2, 0.25) is 5.02 Å². The van der Waals surface area contributed by atoms with Crippen molar-refractivity contribution in [3.8, 4) is 0 Å². The number of rotatable bonds is 4. The number of hydrogen-bond donors (Lipinski definition) is 2. The predicted octanol–water partition coefficient (Wildman–Crippen LogP) is 0.864. The average molecular weight is 246 g/mol. The summed E-state index contributed by atoms with van der Waals surface area (Å²) in [5, 5.41) is 16.1. The van der Waals surface area contributed by atoms with E-state index in [-0.39, 0.29) is 22.6 Å². The molecule has 0 aliphatic carbocycles. The molecular weight excluding hydrogens is 230 g/mol. The first-order valence-corrected chi connectivity index (χ1v) is 5.32. The van der Waals surface area contributed by atoms with Crippen molar-refractivity contribution in [1.29, 1.82) is 0 Å². The molecule has 2 N–H and O–H groups in total. The van der Waals surface area contributed by atoms with Crippen molar-refractivity contribution in [2.24, 2.45) is 12.5 Å². The van der Waals surface area contributed by atoms with Gasteiger partial charge >= 0.3 is 0 Å². The van der Waals surface area contributed by atoms with Crippen LogP contribution in [0, 0.1) is 5.41 Å². The molecule has 0 spiro atoms. The second-order valence-electron chi connectivity index (χ2n) is 4.48. The van der Waals surface area contributed by atoms with Gasteiger partial charge in [0.05, 0.1) is 11.9 Å². The highest BCUT2D eigenvalue weighted by molar-refractivity contribution is 6.32. The first kappa shape index (κ1) is 13.0. The minimum absolute atomic E-state index is 0.0515. The van der Waals surface area contributed by atoms with E-state index < -0.39 is 0 Å². The molecule has 6 heteroatoms. The van der Waals surface area contributed by atoms with Gasteiger partial charge in [0, 0.05) is 25.6 Å². The van der Waals surface area contributed by atoms with Gasteiger partial charge < -0.3 is 10.4 Å². The van der Waals surface area contributed by atoms with Crippen molar-refractivity contribution in [2.45, 2.75) is 13.8 Å². The standard InChI is InChI=1S/C10H16ClN3O2/c1-10(2,6-15)5-12-7-4-13-14(3)9(16)8(7)11/h4,12,15H,5-6H2,1-3H3. The Labute approximate surface area is 99.0 Å². The summed E-state index contributed by atoms with van der Waals surface area (Å²) >= 11 is 5.87. The van der Waals surface area contributed by atoms with E-state index in [4.69, 9.17) is 16.7 Å². The molecule has 0 unspecified atom stereocenters. The largest absolute Gasteiger partial charge is 0.396 e. The van der Waals surface area contributed by atoms with Gasteiger partial charge in [-0.25, -0.2) is 4.68 Å². The number of aliphatic hydroxyl groups is 1. The molecule has 0 radical (unpaired) electrons. The summed E-state index contributed by atoms with van der Waals surface area (Å²) in [6, 6.07) is 0. The Morgan fingerprint density at radius 3 is 2.81 bits per heavy atom. The quantitative estimate of drug-likeness (QED) is 0.826. The predicted molar refractivity (Wildman–Crippen MR) is 63.8 cm³/mol. The number of halogens is 1. The third kappa shape index (κ3) is 2.96. The van der Waals surface area contributed by atoms with Gasteiger partial charge in [-0.15, -0.1) is 0 Å². The Kier molecular flexibility index (Phi) is 3.93. The van der Waals surface area contributed by atoms with E-state index in [9.17, 15) is 4.79 Å². The molecule has 0 amide bonds. The fourth-order valence-electron chi connectivity index (χ4n) is 1.02. The van der Waals surface area contributed by atoms with Crippen LogP contribution in [-0.2, 0) is 7.05 Å². The van der Waals surface area contributed by atoms with Gasteiger partial charge in [-0.05, 0) is 0 Å². The van der Waals surface area contributed by atoms with Crippen LogP contribution in [-0.4, -0.2) is 28.0 Å². The summed E-state index contributed by atoms with van der Waals surface area (Å²) in [5.41, 5.74) is -0.121. The van der Waals surface area contributed by atoms with E-state index >= 15 is 0 Å². The van der Waals surface area contributed by atoms with Crippen LogP contribution < -0.4 is 10.9 Å². The Morgan fingerprint density at radius 1 is 1.62 bits per heavy atom. The number of aryl methyl sites for hydroxylation is 1. The van der Waals surface area contributed by atoms with Crippen molar-refractivity contribution in [3.63, 3.8) is 0 Å². The topological polar surface area (TPSA) is 67.2 Å². The van der Waals surface area contributed by atoms with Crippen molar-refractivity contribution in [2.75, 3.05) is 18.5 Å². The zero-order chi connectivity index (χ0) is 12.3. The molecule has 0 atom stereocenters. The summed E-state index contributed by atoms with van der Waals surface area (Å²) in [6.07, 6.45) is 1.50. The molecule has 0 saturated carbocycles. The SMILES string of the molecule is Cn1ncc(NCC(C)(C)CO)c(Cl)c1=O. The van der Waals surface area contributed by atoms with Crippen LogP contribution >= 0.6 is 11.6 Å². The zero-order valence-corrected chi connectivity index (χ0v) is 10.4. The molecular formula is C10H16ClN3O2. The summed E-state index contributed by atoms with van der Waals surface area (Å²) in [5.74, 6) is 0. The number of hydrogen-bond acceptors (Lipinski definition) is 4. The third-order valence-electron chi connectivity index (χ3n) is 2.26. The minimum atomic E-state index is -0.339. The van der Waals surface area contributed by atoms with Crippen molar-refractivity contribution in [3.05, 3.63) is 21.6 Å². The third-order valence-corrected chi connectivity index (χ3v) is 2.63. The second-order valence-corrected chi connectivity index (χ2v) is 4.85. The highest BCUT2D eigenvalue weighted by atomic mass is 35.5. The lowest BCUT2D eigenvalue weighted by Crippen LogP contribution is -2.28. The number of anilines is 1. The maximum atomic E-state index is 11.5. The molecule has 0 fully saturated rings. The van der Waals surface area contributed by atoms with Crippen molar-refractivity contribution in [1.82, 2.24) is 9.78 Å². The van der Waals surface area contributed by atoms with Gasteiger partial charge in [0.15, 0.2) is 0 Å². The van der Waals surface area contributed by atoms with E-state index in [1.165, 1.54) is 17.9 Å². The van der Waals surface area contributed by atoms with Gasteiger partial charge in [-0.1, -0.05) is 25.4 Å². The molecule has 0 bridgehead atoms. The molecule has 0 saturated heterocycles. The maximum absolute atomic E-state index is 11.5. The van der Waals surface area contributed by atoms with Crippen LogP contribution in [0.3, 0.4) is 0 Å². The lowest BCUT2D eigenvalue weighted by molar-refractivity contribution is 0.171. The molecule has 90 valence electrons. The molecule has 5 nitrogen and oxygen atoms in total. The fourth-order valence-corrected chi connectivity index (χ4v) is 1.26. The highest BCUT2D eigenvalue weighted by Gasteiger charge is 2.17. The minimum Gasteiger partial charge on any atom is -0.396 e. The number of nitrogens with zero attached hydrogens (tertiary/aromatic N) is 2. The van der Waals surface area contributed by atoms with Gasteiger partial charge in [0.1, 0.15) is 5.02 Å². The number of nitrogens with one attached hydrogen (secondary N) is 1. The smallest absolute Gasteiger partial charge is 0.287 e. The molecule has 1 heterocycles. The summed E-state index contributed by atoms with van der Waals surface area (Å²) < 4.78 is 1.17. The van der Waals surface area contributed by atoms with Crippen LogP contribution in [0.25, 0.3) is 0 Å². The molecule has 0 aliphatic heterocycles. The molecule has 1 aromatic rings. The lowest BCUT2D eigenvalue weighted by atomic mass is 9.95. The van der Waals surface area contributed by atoms with Gasteiger partial charge in [-0.3, -0.25) is 4.79 Å². The molecule has 0 aliphatic rings. The summed E-state index contributed by atoms with van der Waals surface area (Å²) in [6.45, 7) is 4.37. The van der Waals surface area contributed by atoms with E-state index in [1.807, 2.05) is 13.8 Å². The van der Waals surface area contributed by atoms with Crippen molar-refractivity contribution < 1.29 is 5.11 Å². The normalized spacial score (nSPS) is 11.6. The Hall–Kier alpha value is -1.07. The Balaban J connectivity index is 2.84. The number of aromatic nitrogens is 2. The van der Waals surface area contributed by atoms with Gasteiger partial charge in [-0.2, -0.15) is 5.10 Å². The van der Waals surface area contributed by atoms with Crippen LogP contribution in [0.4, 0.5) is 5.69 Å². The maximum Gasteiger partial charge on any atom is 0.287 e. The molecule has 1 aromatic heterocycles. The summed E-state index contributed by atoms with van der Waals surface area (Å²) in [4.78, 5) is 11.5. The molecule has 0 aromatic carbocycles. The van der Waals surface area contributed by atoms with Gasteiger partial charge in [0.2, 0.25) is 0 Å². The fraction of sp³-hybridized carbons (Fsp3) is 0.600. The van der Waals surface area contributed by atoms with E-state index in [2.05, 4.69) is 10.4 Å². The Morgan fingerprint density at radius 2 is 2.25 bits per heavy atom. The Bertz CT molecular complexity index is 429.